The van der Waals surface area contributed by atoms with E-state index in [1.54, 1.807) is 7.11 Å². The van der Waals surface area contributed by atoms with E-state index in [-0.39, 0.29) is 35.5 Å². The molecule has 0 aliphatic rings. The van der Waals surface area contributed by atoms with Gasteiger partial charge in [0.15, 0.2) is 5.96 Å². The topological polar surface area (TPSA) is 54.9 Å². The Bertz CT molecular complexity index is 294. The molecule has 1 unspecified atom stereocenters. The quantitative estimate of drug-likeness (QED) is 0.222. The first-order valence-corrected chi connectivity index (χ1v) is 8.58. The summed E-state index contributed by atoms with van der Waals surface area (Å²) in [5, 5.41) is 6.61. The summed E-state index contributed by atoms with van der Waals surface area (Å²) in [7, 11) is 1.75. The van der Waals surface area contributed by atoms with Crippen molar-refractivity contribution in [2.24, 2.45) is 10.4 Å². The standard InChI is InChI=1S/C17H37N3O2.HI/c1-7-9-12-22-13-10-11-19-16(18-8-2)20-14-15(21-6)17(3,4)5;/h15H,7-14H2,1-6H3,(H2,18,19,20);1H. The first-order chi connectivity index (χ1) is 10.5. The molecule has 23 heavy (non-hydrogen) atoms. The van der Waals surface area contributed by atoms with Crippen LogP contribution in [0.1, 0.15) is 53.9 Å². The number of hydrogen-bond acceptors (Lipinski definition) is 3. The van der Waals surface area contributed by atoms with Gasteiger partial charge in [0.25, 0.3) is 0 Å². The summed E-state index contributed by atoms with van der Waals surface area (Å²) >= 11 is 0. The van der Waals surface area contributed by atoms with Crippen molar-refractivity contribution in [1.82, 2.24) is 10.6 Å². The lowest BCUT2D eigenvalue weighted by atomic mass is 9.89. The number of hydrogen-bond donors (Lipinski definition) is 2. The lowest BCUT2D eigenvalue weighted by molar-refractivity contribution is 0.0241. The highest BCUT2D eigenvalue weighted by molar-refractivity contribution is 14.0. The molecule has 0 aromatic carbocycles. The van der Waals surface area contributed by atoms with Gasteiger partial charge in [-0.2, -0.15) is 0 Å². The van der Waals surface area contributed by atoms with Crippen LogP contribution in [-0.2, 0) is 9.47 Å². The van der Waals surface area contributed by atoms with E-state index in [1.165, 1.54) is 6.42 Å². The van der Waals surface area contributed by atoms with Crippen LogP contribution in [0.3, 0.4) is 0 Å². The Morgan fingerprint density at radius 1 is 1.09 bits per heavy atom. The number of nitrogens with one attached hydrogen (secondary N) is 2. The van der Waals surface area contributed by atoms with E-state index in [0.717, 1.165) is 45.1 Å². The molecule has 0 amide bonds. The van der Waals surface area contributed by atoms with Crippen molar-refractivity contribution in [3.8, 4) is 0 Å². The van der Waals surface area contributed by atoms with Gasteiger partial charge >= 0.3 is 0 Å². The highest BCUT2D eigenvalue weighted by Gasteiger charge is 2.23. The van der Waals surface area contributed by atoms with Gasteiger partial charge in [0, 0.05) is 33.4 Å². The number of rotatable bonds is 11. The highest BCUT2D eigenvalue weighted by Crippen LogP contribution is 2.21. The van der Waals surface area contributed by atoms with Crippen molar-refractivity contribution in [1.29, 1.82) is 0 Å². The Labute approximate surface area is 160 Å². The summed E-state index contributed by atoms with van der Waals surface area (Å²) in [6.07, 6.45) is 3.42. The van der Waals surface area contributed by atoms with E-state index >= 15 is 0 Å². The van der Waals surface area contributed by atoms with Crippen molar-refractivity contribution in [2.45, 2.75) is 60.0 Å². The molecule has 0 aliphatic carbocycles. The SMILES string of the molecule is CCCCOCCCNC(=NCC(OC)C(C)(C)C)NCC.I. The van der Waals surface area contributed by atoms with E-state index in [4.69, 9.17) is 9.47 Å². The molecule has 0 saturated heterocycles. The minimum absolute atomic E-state index is 0. The number of ether oxygens (including phenoxy) is 2. The zero-order chi connectivity index (χ0) is 16.8. The number of guanidine groups is 1. The van der Waals surface area contributed by atoms with E-state index in [9.17, 15) is 0 Å². The highest BCUT2D eigenvalue weighted by atomic mass is 127. The Hall–Kier alpha value is -0.0800. The molecule has 0 aromatic rings. The van der Waals surface area contributed by atoms with E-state index < -0.39 is 0 Å². The van der Waals surface area contributed by atoms with Gasteiger partial charge in [-0.15, -0.1) is 24.0 Å². The van der Waals surface area contributed by atoms with Crippen LogP contribution in [0.2, 0.25) is 0 Å². The maximum absolute atomic E-state index is 5.56. The zero-order valence-corrected chi connectivity index (χ0v) is 18.2. The summed E-state index contributed by atoms with van der Waals surface area (Å²) in [4.78, 5) is 4.63. The van der Waals surface area contributed by atoms with Crippen molar-refractivity contribution in [3.05, 3.63) is 0 Å². The molecule has 0 bridgehead atoms. The maximum Gasteiger partial charge on any atom is 0.191 e. The number of methoxy groups -OCH3 is 1. The van der Waals surface area contributed by atoms with Gasteiger partial charge in [-0.3, -0.25) is 4.99 Å². The Morgan fingerprint density at radius 3 is 2.26 bits per heavy atom. The van der Waals surface area contributed by atoms with Gasteiger partial charge in [0.1, 0.15) is 0 Å². The van der Waals surface area contributed by atoms with Crippen LogP contribution in [0, 0.1) is 5.41 Å². The second-order valence-electron chi connectivity index (χ2n) is 6.56. The van der Waals surface area contributed by atoms with Gasteiger partial charge < -0.3 is 20.1 Å². The summed E-state index contributed by atoms with van der Waals surface area (Å²) in [5.41, 5.74) is 0.0860. The minimum Gasteiger partial charge on any atom is -0.381 e. The lowest BCUT2D eigenvalue weighted by Gasteiger charge is -2.28. The van der Waals surface area contributed by atoms with Crippen LogP contribution in [0.4, 0.5) is 0 Å². The molecule has 0 aromatic heterocycles. The fraction of sp³-hybridized carbons (Fsp3) is 0.941. The number of nitrogens with zero attached hydrogens (tertiary/aromatic N) is 1. The fourth-order valence-corrected chi connectivity index (χ4v) is 1.95. The fourth-order valence-electron chi connectivity index (χ4n) is 1.95. The van der Waals surface area contributed by atoms with Crippen molar-refractivity contribution in [2.75, 3.05) is 40.0 Å². The third-order valence-electron chi connectivity index (χ3n) is 3.41. The maximum atomic E-state index is 5.56. The van der Waals surface area contributed by atoms with Gasteiger partial charge in [-0.05, 0) is 25.2 Å². The monoisotopic (exact) mass is 443 g/mol. The molecular formula is C17H38IN3O2. The van der Waals surface area contributed by atoms with E-state index in [0.29, 0.717) is 6.54 Å². The van der Waals surface area contributed by atoms with Crippen molar-refractivity contribution < 1.29 is 9.47 Å². The molecule has 2 N–H and O–H groups in total. The second kappa shape index (κ2) is 15.4. The van der Waals surface area contributed by atoms with E-state index in [1.807, 2.05) is 0 Å². The van der Waals surface area contributed by atoms with Crippen molar-refractivity contribution in [3.63, 3.8) is 0 Å². The number of halogens is 1. The Balaban J connectivity index is 0. The summed E-state index contributed by atoms with van der Waals surface area (Å²) < 4.78 is 11.1. The molecule has 0 radical (unpaired) electrons. The molecule has 5 nitrogen and oxygen atoms in total. The van der Waals surface area contributed by atoms with Crippen molar-refractivity contribution >= 4 is 29.9 Å². The first kappa shape index (κ1) is 25.2. The van der Waals surface area contributed by atoms with E-state index in [2.05, 4.69) is 50.2 Å². The predicted octanol–water partition coefficient (Wildman–Crippen LogP) is 3.43. The number of aliphatic imine (C=N–C) groups is 1. The average molecular weight is 443 g/mol. The van der Waals surface area contributed by atoms with Crippen LogP contribution in [0.5, 0.6) is 0 Å². The van der Waals surface area contributed by atoms with Crippen LogP contribution in [0.15, 0.2) is 4.99 Å². The van der Waals surface area contributed by atoms with Gasteiger partial charge in [0.2, 0.25) is 0 Å². The summed E-state index contributed by atoms with van der Waals surface area (Å²) in [6, 6.07) is 0. The minimum atomic E-state index is 0. The third kappa shape index (κ3) is 14.0. The molecule has 0 fully saturated rings. The molecule has 0 aliphatic heterocycles. The molecule has 140 valence electrons. The smallest absolute Gasteiger partial charge is 0.191 e. The van der Waals surface area contributed by atoms with Crippen LogP contribution >= 0.6 is 24.0 Å². The van der Waals surface area contributed by atoms with Crippen LogP contribution in [-0.4, -0.2) is 52.0 Å². The largest absolute Gasteiger partial charge is 0.381 e. The molecule has 0 heterocycles. The van der Waals surface area contributed by atoms with Gasteiger partial charge in [-0.25, -0.2) is 0 Å². The normalized spacial score (nSPS) is 13.4. The van der Waals surface area contributed by atoms with Gasteiger partial charge in [0.05, 0.1) is 12.6 Å². The predicted molar refractivity (Wildman–Crippen MR) is 110 cm³/mol. The lowest BCUT2D eigenvalue weighted by Crippen LogP contribution is -2.40. The summed E-state index contributed by atoms with van der Waals surface area (Å²) in [6.45, 7) is 14.8. The molecule has 0 rings (SSSR count). The second-order valence-corrected chi connectivity index (χ2v) is 6.56. The first-order valence-electron chi connectivity index (χ1n) is 8.58. The summed E-state index contributed by atoms with van der Waals surface area (Å²) in [5.74, 6) is 0.849. The molecular weight excluding hydrogens is 405 g/mol. The third-order valence-corrected chi connectivity index (χ3v) is 3.41. The van der Waals surface area contributed by atoms with Crippen LogP contribution < -0.4 is 10.6 Å². The Morgan fingerprint density at radius 2 is 1.74 bits per heavy atom. The Kier molecular flexibility index (Phi) is 16.9. The molecule has 0 saturated carbocycles. The van der Waals surface area contributed by atoms with Gasteiger partial charge in [-0.1, -0.05) is 34.1 Å². The molecule has 6 heteroatoms. The molecule has 0 spiro atoms. The average Bonchev–Trinajstić information content (AvgIpc) is 2.45. The number of unbranched alkanes of at least 4 members (excludes halogenated alkanes) is 1. The van der Waals surface area contributed by atoms with Crippen LogP contribution in [0.25, 0.3) is 0 Å². The zero-order valence-electron chi connectivity index (χ0n) is 15.9. The molecule has 1 atom stereocenters.